The van der Waals surface area contributed by atoms with Crippen LogP contribution in [0.4, 0.5) is 0 Å². The Labute approximate surface area is 107 Å². The van der Waals surface area contributed by atoms with Crippen LogP contribution in [0.15, 0.2) is 21.4 Å². The van der Waals surface area contributed by atoms with E-state index in [1.54, 1.807) is 4.57 Å². The number of rotatable bonds is 1. The van der Waals surface area contributed by atoms with Crippen LogP contribution in [-0.2, 0) is 18.6 Å². The Hall–Kier alpha value is -0.130. The van der Waals surface area contributed by atoms with E-state index in [1.165, 1.54) is 5.56 Å². The first kappa shape index (κ1) is 11.4. The summed E-state index contributed by atoms with van der Waals surface area (Å²) in [7, 11) is 1.54. The summed E-state index contributed by atoms with van der Waals surface area (Å²) in [5.41, 5.74) is 2.22. The number of aromatic nitrogens is 1. The van der Waals surface area contributed by atoms with Crippen LogP contribution < -0.4 is 4.87 Å². The van der Waals surface area contributed by atoms with Gasteiger partial charge in [0.25, 0.3) is 0 Å². The zero-order chi connectivity index (χ0) is 11.2. The van der Waals surface area contributed by atoms with E-state index in [9.17, 15) is 4.79 Å². The molecule has 1 aromatic heterocycles. The lowest BCUT2D eigenvalue weighted by Gasteiger charge is -1.99. The largest absolute Gasteiger partial charge is 0.458 e. The lowest BCUT2D eigenvalue weighted by molar-refractivity contribution is 0.936. The van der Waals surface area contributed by atoms with Gasteiger partial charge in [-0.05, 0) is 11.6 Å². The van der Waals surface area contributed by atoms with Gasteiger partial charge in [-0.15, -0.1) is 0 Å². The molecule has 0 saturated carbocycles. The number of fused-ring (bicyclic) bond motifs is 1. The second-order valence-electron chi connectivity index (χ2n) is 3.38. The molecule has 0 fully saturated rings. The van der Waals surface area contributed by atoms with E-state index in [2.05, 4.69) is 44.0 Å². The zero-order valence-corrected chi connectivity index (χ0v) is 12.4. The Balaban J connectivity index is 2.94. The van der Waals surface area contributed by atoms with Crippen molar-refractivity contribution in [2.24, 2.45) is 13.3 Å². The van der Waals surface area contributed by atoms with E-state index < -0.39 is 0 Å². The zero-order valence-electron chi connectivity index (χ0n) is 8.38. The van der Waals surface area contributed by atoms with Gasteiger partial charge in [0.1, 0.15) is 11.8 Å². The monoisotopic (exact) mass is 350 g/mol. The van der Waals surface area contributed by atoms with Crippen molar-refractivity contribution in [3.8, 4) is 0 Å². The van der Waals surface area contributed by atoms with Gasteiger partial charge in [-0.1, -0.05) is 31.9 Å². The molecule has 0 radical (unpaired) electrons. The average Bonchev–Trinajstić information content (AvgIpc) is 2.43. The van der Waals surface area contributed by atoms with Crippen LogP contribution in [0.3, 0.4) is 0 Å². The summed E-state index contributed by atoms with van der Waals surface area (Å²) in [6.07, 6.45) is 1.98. The molecule has 0 aliphatic carbocycles. The third kappa shape index (κ3) is 1.70. The fraction of sp³-hybridized carbons (Fsp3) is 0.300. The molecule has 1 atom stereocenters. The molecule has 0 spiro atoms. The number of alkyl halides is 1. The van der Waals surface area contributed by atoms with Gasteiger partial charge >= 0.3 is 4.87 Å². The third-order valence-corrected chi connectivity index (χ3v) is 5.63. The van der Waals surface area contributed by atoms with Crippen molar-refractivity contribution in [2.75, 3.05) is 0 Å². The minimum absolute atomic E-state index is 0.198. The molecule has 2 aromatic rings. The molecule has 1 heterocycles. The highest BCUT2D eigenvalue weighted by molar-refractivity contribution is 9.10. The Bertz CT molecular complexity index is 585. The van der Waals surface area contributed by atoms with Crippen LogP contribution in [-0.4, -0.2) is 4.57 Å². The normalized spacial score (nSPS) is 12.4. The van der Waals surface area contributed by atoms with Crippen LogP contribution in [0, 0.1) is 0 Å². The van der Waals surface area contributed by atoms with E-state index in [-0.39, 0.29) is 15.3 Å². The van der Waals surface area contributed by atoms with Crippen LogP contribution >= 0.6 is 42.3 Å². The topological polar surface area (TPSA) is 22.0 Å². The lowest BCUT2D eigenvalue weighted by Crippen LogP contribution is -2.08. The molecular formula is C10H10Br2NOS+. The van der Waals surface area contributed by atoms with Gasteiger partial charge in [0.15, 0.2) is 0 Å². The van der Waals surface area contributed by atoms with Gasteiger partial charge < -0.3 is 0 Å². The minimum atomic E-state index is -0.301. The van der Waals surface area contributed by atoms with Crippen LogP contribution in [0.5, 0.6) is 0 Å². The summed E-state index contributed by atoms with van der Waals surface area (Å²) < 4.78 is 3.96. The van der Waals surface area contributed by atoms with E-state index in [4.69, 9.17) is 0 Å². The fourth-order valence-corrected chi connectivity index (χ4v) is 4.57. The molecule has 80 valence electrons. The molecule has 2 rings (SSSR count). The predicted molar refractivity (Wildman–Crippen MR) is 73.0 cm³/mol. The number of hydrogen-bond acceptors (Lipinski definition) is 1. The Morgan fingerprint density at radius 1 is 1.47 bits per heavy atom. The van der Waals surface area contributed by atoms with Crippen molar-refractivity contribution >= 4 is 52.5 Å². The first-order valence-electron chi connectivity index (χ1n) is 4.38. The van der Waals surface area contributed by atoms with Crippen molar-refractivity contribution in [3.05, 3.63) is 31.8 Å². The van der Waals surface area contributed by atoms with E-state index >= 15 is 0 Å². The van der Waals surface area contributed by atoms with Crippen molar-refractivity contribution in [2.45, 2.75) is 5.33 Å². The summed E-state index contributed by atoms with van der Waals surface area (Å²) in [6.45, 7) is 0. The maximum absolute atomic E-state index is 11.8. The Morgan fingerprint density at radius 3 is 2.73 bits per heavy atom. The molecule has 1 unspecified atom stereocenters. The first-order valence-corrected chi connectivity index (χ1v) is 7.93. The standard InChI is InChI=1S/C10H10Br2NOS/c1-13-8-3-6(5-11)7(12)4-9(8)15(2)10(13)14/h3-4H,5H2,1-2H3/q+1. The highest BCUT2D eigenvalue weighted by atomic mass is 79.9. The molecule has 0 saturated heterocycles. The SMILES string of the molecule is Cn1c(=O)[s+](C)c2cc(Br)c(CBr)cc21. The molecule has 0 bridgehead atoms. The molecule has 0 amide bonds. The van der Waals surface area contributed by atoms with Crippen molar-refractivity contribution in [1.29, 1.82) is 0 Å². The van der Waals surface area contributed by atoms with E-state index in [1.807, 2.05) is 13.3 Å². The summed E-state index contributed by atoms with van der Waals surface area (Å²) in [4.78, 5) is 12.0. The molecule has 1 aromatic carbocycles. The van der Waals surface area contributed by atoms with Crippen LogP contribution in [0.2, 0.25) is 0 Å². The average molecular weight is 352 g/mol. The number of nitrogens with zero attached hydrogens (tertiary/aromatic N) is 1. The quantitative estimate of drug-likeness (QED) is 0.569. The molecule has 0 aliphatic rings. The number of aryl methyl sites for hydroxylation is 2. The van der Waals surface area contributed by atoms with Crippen molar-refractivity contribution in [1.82, 2.24) is 4.57 Å². The second kappa shape index (κ2) is 4.03. The highest BCUT2D eigenvalue weighted by Crippen LogP contribution is 2.31. The van der Waals surface area contributed by atoms with Gasteiger partial charge in [-0.25, -0.2) is 4.79 Å². The summed E-state index contributed by atoms with van der Waals surface area (Å²) >= 11 is 6.96. The molecule has 15 heavy (non-hydrogen) atoms. The summed E-state index contributed by atoms with van der Waals surface area (Å²) in [6, 6.07) is 4.14. The summed E-state index contributed by atoms with van der Waals surface area (Å²) in [5.74, 6) is 0. The maximum Gasteiger partial charge on any atom is 0.458 e. The number of thiazole rings is 1. The van der Waals surface area contributed by atoms with Gasteiger partial charge in [0.05, 0.1) is 0 Å². The van der Waals surface area contributed by atoms with Gasteiger partial charge in [0.2, 0.25) is 4.70 Å². The van der Waals surface area contributed by atoms with Gasteiger partial charge in [-0.3, -0.25) is 4.57 Å². The van der Waals surface area contributed by atoms with E-state index in [0.717, 1.165) is 20.0 Å². The highest BCUT2D eigenvalue weighted by Gasteiger charge is 2.19. The molecule has 5 heteroatoms. The summed E-state index contributed by atoms with van der Waals surface area (Å²) in [5, 5.41) is 0.792. The molecule has 2 nitrogen and oxygen atoms in total. The number of halogens is 2. The van der Waals surface area contributed by atoms with Crippen LogP contribution in [0.1, 0.15) is 5.56 Å². The van der Waals surface area contributed by atoms with Crippen LogP contribution in [0.25, 0.3) is 10.2 Å². The van der Waals surface area contributed by atoms with Gasteiger partial charge in [0, 0.05) is 33.4 Å². The smallest absolute Gasteiger partial charge is 0.261 e. The third-order valence-electron chi connectivity index (χ3n) is 2.50. The predicted octanol–water partition coefficient (Wildman–Crippen LogP) is 3.48. The number of benzene rings is 1. The Morgan fingerprint density at radius 2 is 2.13 bits per heavy atom. The minimum Gasteiger partial charge on any atom is -0.261 e. The lowest BCUT2D eigenvalue weighted by atomic mass is 10.2. The van der Waals surface area contributed by atoms with Crippen molar-refractivity contribution in [3.63, 3.8) is 0 Å². The fourth-order valence-electron chi connectivity index (χ4n) is 1.59. The van der Waals surface area contributed by atoms with E-state index in [0.29, 0.717) is 0 Å². The molecular weight excluding hydrogens is 342 g/mol. The molecule has 0 N–H and O–H groups in total. The van der Waals surface area contributed by atoms with Crippen molar-refractivity contribution < 1.29 is 0 Å². The van der Waals surface area contributed by atoms with Gasteiger partial charge in [-0.2, -0.15) is 0 Å². The first-order chi connectivity index (χ1) is 7.06. The molecule has 0 aliphatic heterocycles. The number of hydrogen-bond donors (Lipinski definition) is 0. The maximum atomic E-state index is 11.8. The second-order valence-corrected chi connectivity index (χ2v) is 6.60. The Kier molecular flexibility index (Phi) is 3.05.